The van der Waals surface area contributed by atoms with Gasteiger partial charge in [-0.15, -0.1) is 11.3 Å². The molecular formula is C35H55N5O4S. The number of aryl methyl sites for hydroxylation is 1. The topological polar surface area (TPSA) is 129 Å². The van der Waals surface area contributed by atoms with Crippen LogP contribution in [0.3, 0.4) is 0 Å². The Morgan fingerprint density at radius 1 is 1.18 bits per heavy atom. The molecular weight excluding hydrogens is 586 g/mol. The number of aromatic nitrogens is 1. The number of hydrogen-bond acceptors (Lipinski definition) is 7. The lowest BCUT2D eigenvalue weighted by molar-refractivity contribution is -0.132. The average molecular weight is 642 g/mol. The molecule has 1 aliphatic heterocycles. The molecule has 0 aromatic carbocycles. The van der Waals surface area contributed by atoms with Crippen LogP contribution in [0.1, 0.15) is 96.1 Å². The normalized spacial score (nSPS) is 20.3. The molecule has 1 aliphatic rings. The summed E-state index contributed by atoms with van der Waals surface area (Å²) >= 11 is 1.42. The predicted octanol–water partition coefficient (Wildman–Crippen LogP) is 5.15. The Bertz CT molecular complexity index is 1190. The number of allylic oxidation sites excluding steroid dienone is 4. The Balaban J connectivity index is 2.05. The minimum absolute atomic E-state index is 0.0157. The van der Waals surface area contributed by atoms with Gasteiger partial charge in [0.05, 0.1) is 11.0 Å². The second-order valence-corrected chi connectivity index (χ2v) is 13.7. The van der Waals surface area contributed by atoms with Crippen LogP contribution in [0.5, 0.6) is 0 Å². The zero-order valence-corrected chi connectivity index (χ0v) is 29.0. The van der Waals surface area contributed by atoms with Crippen molar-refractivity contribution in [3.63, 3.8) is 0 Å². The van der Waals surface area contributed by atoms with Gasteiger partial charge in [-0.2, -0.15) is 0 Å². The zero-order chi connectivity index (χ0) is 33.5. The lowest BCUT2D eigenvalue weighted by Gasteiger charge is -2.29. The number of hydrogen-bond donors (Lipinski definition) is 4. The molecule has 0 saturated carbocycles. The van der Waals surface area contributed by atoms with E-state index in [2.05, 4.69) is 53.6 Å². The summed E-state index contributed by atoms with van der Waals surface area (Å²) < 4.78 is 0. The monoisotopic (exact) mass is 641 g/mol. The quantitative estimate of drug-likeness (QED) is 0.122. The highest BCUT2D eigenvalue weighted by Gasteiger charge is 2.34. The van der Waals surface area contributed by atoms with Crippen molar-refractivity contribution in [3.05, 3.63) is 52.5 Å². The van der Waals surface area contributed by atoms with Crippen LogP contribution in [0.25, 0.3) is 0 Å². The Morgan fingerprint density at radius 2 is 1.91 bits per heavy atom. The second kappa shape index (κ2) is 19.4. The fourth-order valence-electron chi connectivity index (χ4n) is 5.46. The highest BCUT2D eigenvalue weighted by molar-refractivity contribution is 7.09. The molecule has 9 nitrogen and oxygen atoms in total. The number of carbonyl (C=O) groups excluding carboxylic acids is 4. The Hall–Kier alpha value is -3.11. The van der Waals surface area contributed by atoms with Gasteiger partial charge >= 0.3 is 0 Å². The number of amides is 3. The van der Waals surface area contributed by atoms with Gasteiger partial charge in [-0.25, -0.2) is 4.98 Å². The van der Waals surface area contributed by atoms with Crippen molar-refractivity contribution < 1.29 is 19.2 Å². The first-order valence-electron chi connectivity index (χ1n) is 16.4. The molecule has 0 bridgehead atoms. The maximum atomic E-state index is 13.5. The Labute approximate surface area is 274 Å². The first-order chi connectivity index (χ1) is 21.4. The van der Waals surface area contributed by atoms with Crippen LogP contribution in [0, 0.1) is 23.7 Å². The van der Waals surface area contributed by atoms with Crippen LogP contribution in [0.2, 0.25) is 0 Å². The number of rotatable bonds is 19. The predicted molar refractivity (Wildman–Crippen MR) is 183 cm³/mol. The lowest BCUT2D eigenvalue weighted by Crippen LogP contribution is -2.56. The molecule has 7 unspecified atom stereocenters. The molecule has 45 heavy (non-hydrogen) atoms. The van der Waals surface area contributed by atoms with Crippen LogP contribution in [-0.2, 0) is 20.8 Å². The molecule has 3 amide bonds. The summed E-state index contributed by atoms with van der Waals surface area (Å²) in [5.74, 6) is -0.383. The minimum atomic E-state index is -0.613. The summed E-state index contributed by atoms with van der Waals surface area (Å²) in [5, 5.41) is 15.1. The zero-order valence-electron chi connectivity index (χ0n) is 28.2. The summed E-state index contributed by atoms with van der Waals surface area (Å²) in [6, 6.07) is -1.26. The van der Waals surface area contributed by atoms with Gasteiger partial charge in [-0.1, -0.05) is 78.8 Å². The molecule has 4 N–H and O–H groups in total. The third kappa shape index (κ3) is 12.3. The van der Waals surface area contributed by atoms with Crippen molar-refractivity contribution in [1.29, 1.82) is 0 Å². The Kier molecular flexibility index (Phi) is 16.4. The molecule has 0 aliphatic carbocycles. The van der Waals surface area contributed by atoms with Crippen molar-refractivity contribution in [1.82, 2.24) is 26.3 Å². The summed E-state index contributed by atoms with van der Waals surface area (Å²) in [7, 11) is 0. The van der Waals surface area contributed by atoms with Gasteiger partial charge in [0.15, 0.2) is 0 Å². The molecule has 10 heteroatoms. The molecule has 1 fully saturated rings. The first kappa shape index (κ1) is 38.1. The van der Waals surface area contributed by atoms with Crippen LogP contribution in [0.4, 0.5) is 0 Å². The number of aldehydes is 1. The summed E-state index contributed by atoms with van der Waals surface area (Å²) in [6.07, 6.45) is 12.5. The molecule has 1 aromatic heterocycles. The van der Waals surface area contributed by atoms with Crippen LogP contribution >= 0.6 is 11.3 Å². The molecule has 1 saturated heterocycles. The molecule has 250 valence electrons. The highest BCUT2D eigenvalue weighted by Crippen LogP contribution is 2.20. The molecule has 0 spiro atoms. The van der Waals surface area contributed by atoms with Gasteiger partial charge in [0, 0.05) is 29.8 Å². The summed E-state index contributed by atoms with van der Waals surface area (Å²) in [5.41, 5.74) is 1.31. The van der Waals surface area contributed by atoms with Gasteiger partial charge in [0.1, 0.15) is 18.0 Å². The van der Waals surface area contributed by atoms with Crippen molar-refractivity contribution in [2.45, 2.75) is 111 Å². The van der Waals surface area contributed by atoms with Gasteiger partial charge in [-0.3, -0.25) is 14.4 Å². The first-order valence-corrected chi connectivity index (χ1v) is 17.3. The van der Waals surface area contributed by atoms with Crippen molar-refractivity contribution >= 4 is 35.3 Å². The largest absolute Gasteiger partial charge is 0.351 e. The van der Waals surface area contributed by atoms with Crippen LogP contribution in [-0.4, -0.2) is 59.7 Å². The van der Waals surface area contributed by atoms with Gasteiger partial charge < -0.3 is 26.1 Å². The number of carbonyl (C=O) groups is 4. The van der Waals surface area contributed by atoms with E-state index in [0.29, 0.717) is 31.4 Å². The van der Waals surface area contributed by atoms with Crippen LogP contribution < -0.4 is 21.3 Å². The molecule has 2 heterocycles. The Morgan fingerprint density at radius 3 is 2.49 bits per heavy atom. The minimum Gasteiger partial charge on any atom is -0.351 e. The molecule has 1 aromatic rings. The lowest BCUT2D eigenvalue weighted by atomic mass is 9.94. The van der Waals surface area contributed by atoms with E-state index in [1.807, 2.05) is 45.9 Å². The summed E-state index contributed by atoms with van der Waals surface area (Å²) in [4.78, 5) is 55.6. The average Bonchev–Trinajstić information content (AvgIpc) is 3.68. The molecule has 7 atom stereocenters. The third-order valence-corrected chi connectivity index (χ3v) is 9.57. The van der Waals surface area contributed by atoms with Crippen molar-refractivity contribution in [2.24, 2.45) is 23.7 Å². The highest BCUT2D eigenvalue weighted by atomic mass is 32.1. The van der Waals surface area contributed by atoms with E-state index in [4.69, 9.17) is 0 Å². The number of nitrogens with one attached hydrogen (secondary N) is 4. The van der Waals surface area contributed by atoms with E-state index in [0.717, 1.165) is 36.3 Å². The third-order valence-electron chi connectivity index (χ3n) is 8.67. The van der Waals surface area contributed by atoms with Crippen molar-refractivity contribution in [3.8, 4) is 0 Å². The maximum absolute atomic E-state index is 13.5. The van der Waals surface area contributed by atoms with E-state index in [1.54, 1.807) is 11.5 Å². The maximum Gasteiger partial charge on any atom is 0.270 e. The smallest absolute Gasteiger partial charge is 0.270 e. The molecule has 2 rings (SSSR count). The summed E-state index contributed by atoms with van der Waals surface area (Å²) in [6.45, 7) is 18.7. The van der Waals surface area contributed by atoms with E-state index in [9.17, 15) is 19.2 Å². The van der Waals surface area contributed by atoms with E-state index < -0.39 is 6.04 Å². The standard InChI is InChI=1S/C35H55N5O4S/c1-9-12-13-26(11-3)19-27(18-23(6)20-41)37-33(42)29-21-45-30(38-29)15-14-28(22(4)5)39-35(44)32(24(7)10-2)40-34(43)31-25(8)16-17-36-31/h9,11-13,20-25,27-28,31-32,36H,3,10,14-19H2,1-2,4-8H3,(H,37,42)(H,39,44)(H,40,43)/b12-9-,26-13+. The van der Waals surface area contributed by atoms with Gasteiger partial charge in [0.2, 0.25) is 11.8 Å². The fourth-order valence-corrected chi connectivity index (χ4v) is 6.26. The van der Waals surface area contributed by atoms with E-state index >= 15 is 0 Å². The fraction of sp³-hybridized carbons (Fsp3) is 0.629. The number of nitrogens with zero attached hydrogens (tertiary/aromatic N) is 1. The van der Waals surface area contributed by atoms with Gasteiger partial charge in [-0.05, 0) is 62.5 Å². The van der Waals surface area contributed by atoms with Crippen molar-refractivity contribution in [2.75, 3.05) is 6.54 Å². The van der Waals surface area contributed by atoms with E-state index in [1.165, 1.54) is 11.3 Å². The SMILES string of the molecule is C=C/C(=C\C=C/C)CC(CC(C)C=O)NC(=O)c1csc(CCC(NC(=O)C(NC(=O)C2NCCC2C)C(C)CC)C(C)C)n1. The second-order valence-electron chi connectivity index (χ2n) is 12.8. The van der Waals surface area contributed by atoms with E-state index in [-0.39, 0.29) is 59.5 Å². The van der Waals surface area contributed by atoms with Gasteiger partial charge in [0.25, 0.3) is 5.91 Å². The van der Waals surface area contributed by atoms with Crippen LogP contribution in [0.15, 0.2) is 41.8 Å². The number of thiazole rings is 1. The molecule has 0 radical (unpaired) electrons.